The zero-order valence-corrected chi connectivity index (χ0v) is 16.2. The minimum Gasteiger partial charge on any atom is -0.287 e. The minimum absolute atomic E-state index is 0.237. The van der Waals surface area contributed by atoms with E-state index in [4.69, 9.17) is 0 Å². The predicted octanol–water partition coefficient (Wildman–Crippen LogP) is 5.69. The monoisotopic (exact) mass is 392 g/mol. The third kappa shape index (κ3) is 6.40. The number of ketones is 1. The quantitative estimate of drug-likeness (QED) is 0.612. The van der Waals surface area contributed by atoms with Gasteiger partial charge in [0.2, 0.25) is 0 Å². The third-order valence-corrected chi connectivity index (χ3v) is 10.1. The molecule has 130 valence electrons. The summed E-state index contributed by atoms with van der Waals surface area (Å²) >= 11 is 6.53. The van der Waals surface area contributed by atoms with Crippen molar-refractivity contribution in [2.75, 3.05) is 23.0 Å². The lowest BCUT2D eigenvalue weighted by Crippen LogP contribution is -2.43. The highest BCUT2D eigenvalue weighted by Gasteiger charge is 2.53. The highest BCUT2D eigenvalue weighted by atomic mass is 32.2. The van der Waals surface area contributed by atoms with Crippen molar-refractivity contribution in [1.82, 2.24) is 0 Å². The molecule has 0 amide bonds. The Labute approximate surface area is 148 Å². The van der Waals surface area contributed by atoms with Gasteiger partial charge in [-0.2, -0.15) is 13.2 Å². The molecule has 22 heavy (non-hydrogen) atoms. The zero-order valence-electron chi connectivity index (χ0n) is 12.9. The minimum atomic E-state index is -4.70. The smallest absolute Gasteiger partial charge is 0.287 e. The van der Waals surface area contributed by atoms with E-state index in [0.29, 0.717) is 11.5 Å². The molecule has 2 heterocycles. The number of rotatable bonds is 3. The molecule has 0 saturated carbocycles. The molecular weight excluding hydrogens is 369 g/mol. The van der Waals surface area contributed by atoms with E-state index in [9.17, 15) is 18.0 Å². The molecule has 8 heteroatoms. The standard InChI is InChI=1S/C8H11F3OS2.C6H12S2/c1-2-7(6(12)8(9,10)11)13-4-3-5-14-7;1-2-6-7-4-3-5-8-6/h2-5H2,1H3;6H,2-5H2,1H3. The number of hydrogen-bond acceptors (Lipinski definition) is 5. The normalized spacial score (nSPS) is 22.6. The summed E-state index contributed by atoms with van der Waals surface area (Å²) < 4.78 is 36.5. The van der Waals surface area contributed by atoms with E-state index in [-0.39, 0.29) is 6.42 Å². The molecule has 0 aliphatic carbocycles. The van der Waals surface area contributed by atoms with Gasteiger partial charge in [-0.15, -0.1) is 47.0 Å². The summed E-state index contributed by atoms with van der Waals surface area (Å²) in [7, 11) is 0. The van der Waals surface area contributed by atoms with Crippen LogP contribution in [0.15, 0.2) is 0 Å². The number of hydrogen-bond donors (Lipinski definition) is 0. The molecule has 2 aliphatic rings. The summed E-state index contributed by atoms with van der Waals surface area (Å²) in [6.07, 6.45) is -0.822. The van der Waals surface area contributed by atoms with Crippen LogP contribution in [0.4, 0.5) is 13.2 Å². The number of alkyl halides is 3. The number of halogens is 3. The maximum absolute atomic E-state index is 12.3. The highest BCUT2D eigenvalue weighted by molar-refractivity contribution is 8.20. The fraction of sp³-hybridized carbons (Fsp3) is 0.929. The third-order valence-electron chi connectivity index (χ3n) is 3.26. The summed E-state index contributed by atoms with van der Waals surface area (Å²) in [5, 5.41) is 0. The molecule has 0 bridgehead atoms. The molecule has 0 atom stereocenters. The summed E-state index contributed by atoms with van der Waals surface area (Å²) in [5.41, 5.74) is 0. The maximum Gasteiger partial charge on any atom is 0.452 e. The van der Waals surface area contributed by atoms with Crippen molar-refractivity contribution in [3.63, 3.8) is 0 Å². The van der Waals surface area contributed by atoms with Gasteiger partial charge >= 0.3 is 6.18 Å². The number of carbonyl (C=O) groups excluding carboxylic acids is 1. The molecule has 2 aliphatic heterocycles. The van der Waals surface area contributed by atoms with Gasteiger partial charge in [-0.25, -0.2) is 0 Å². The van der Waals surface area contributed by atoms with Crippen molar-refractivity contribution in [3.05, 3.63) is 0 Å². The lowest BCUT2D eigenvalue weighted by atomic mass is 10.2. The zero-order chi connectivity index (χ0) is 16.6. The molecule has 0 spiro atoms. The summed E-state index contributed by atoms with van der Waals surface area (Å²) in [6, 6.07) is 0. The van der Waals surface area contributed by atoms with Crippen LogP contribution in [0.5, 0.6) is 0 Å². The van der Waals surface area contributed by atoms with E-state index >= 15 is 0 Å². The van der Waals surface area contributed by atoms with E-state index in [2.05, 4.69) is 30.4 Å². The molecule has 0 N–H and O–H groups in total. The first-order valence-electron chi connectivity index (χ1n) is 7.48. The molecular formula is C14H23F3OS4. The molecule has 2 fully saturated rings. The maximum atomic E-state index is 12.3. The Morgan fingerprint density at radius 2 is 1.55 bits per heavy atom. The van der Waals surface area contributed by atoms with Gasteiger partial charge in [0.25, 0.3) is 5.78 Å². The van der Waals surface area contributed by atoms with Gasteiger partial charge in [0.1, 0.15) is 4.08 Å². The van der Waals surface area contributed by atoms with Crippen LogP contribution in [0.25, 0.3) is 0 Å². The van der Waals surface area contributed by atoms with Crippen molar-refractivity contribution >= 4 is 52.8 Å². The van der Waals surface area contributed by atoms with Crippen LogP contribution in [0.3, 0.4) is 0 Å². The molecule has 0 radical (unpaired) electrons. The van der Waals surface area contributed by atoms with Crippen LogP contribution >= 0.6 is 47.0 Å². The van der Waals surface area contributed by atoms with Gasteiger partial charge in [0.15, 0.2) is 0 Å². The topological polar surface area (TPSA) is 17.1 Å². The van der Waals surface area contributed by atoms with Crippen molar-refractivity contribution in [3.8, 4) is 0 Å². The Morgan fingerprint density at radius 3 is 1.91 bits per heavy atom. The average molecular weight is 393 g/mol. The van der Waals surface area contributed by atoms with Crippen molar-refractivity contribution in [2.24, 2.45) is 0 Å². The fourth-order valence-electron chi connectivity index (χ4n) is 2.06. The number of Topliss-reactive ketones (excluding diaryl/α,β-unsaturated/α-hetero) is 1. The molecule has 2 saturated heterocycles. The van der Waals surface area contributed by atoms with Crippen LogP contribution < -0.4 is 0 Å². The van der Waals surface area contributed by atoms with Crippen LogP contribution in [-0.4, -0.2) is 43.6 Å². The van der Waals surface area contributed by atoms with Crippen LogP contribution in [-0.2, 0) is 4.79 Å². The second-order valence-corrected chi connectivity index (χ2v) is 10.9. The van der Waals surface area contributed by atoms with E-state index in [0.717, 1.165) is 34.5 Å². The van der Waals surface area contributed by atoms with E-state index in [1.54, 1.807) is 6.92 Å². The Bertz CT molecular complexity index is 337. The Morgan fingerprint density at radius 1 is 1.05 bits per heavy atom. The van der Waals surface area contributed by atoms with Gasteiger partial charge in [-0.05, 0) is 48.7 Å². The summed E-state index contributed by atoms with van der Waals surface area (Å²) in [5.74, 6) is 2.49. The first-order chi connectivity index (χ1) is 10.4. The molecule has 0 aromatic heterocycles. The molecule has 0 aromatic carbocycles. The highest BCUT2D eigenvalue weighted by Crippen LogP contribution is 2.48. The van der Waals surface area contributed by atoms with Crippen LogP contribution in [0, 0.1) is 0 Å². The van der Waals surface area contributed by atoms with E-state index < -0.39 is 16.0 Å². The largest absolute Gasteiger partial charge is 0.452 e. The Kier molecular flexibility index (Phi) is 9.49. The van der Waals surface area contributed by atoms with Gasteiger partial charge in [-0.1, -0.05) is 13.8 Å². The van der Waals surface area contributed by atoms with Gasteiger partial charge in [-0.3, -0.25) is 4.79 Å². The summed E-state index contributed by atoms with van der Waals surface area (Å²) in [6.45, 7) is 3.91. The lowest BCUT2D eigenvalue weighted by Gasteiger charge is -2.33. The number of carbonyl (C=O) groups is 1. The van der Waals surface area contributed by atoms with Gasteiger partial charge in [0.05, 0.1) is 0 Å². The SMILES string of the molecule is CCC1(C(=O)C(F)(F)F)SCCCS1.CCC1SCCCS1. The first-order valence-corrected chi connectivity index (χ1v) is 11.6. The van der Waals surface area contributed by atoms with Gasteiger partial charge < -0.3 is 0 Å². The second-order valence-electron chi connectivity index (χ2n) is 4.92. The number of thioether (sulfide) groups is 4. The Balaban J connectivity index is 0.000000255. The van der Waals surface area contributed by atoms with Crippen LogP contribution in [0.2, 0.25) is 0 Å². The Hall–Kier alpha value is 0.860. The first kappa shape index (κ1) is 20.9. The summed E-state index contributed by atoms with van der Waals surface area (Å²) in [4.78, 5) is 11.2. The predicted molar refractivity (Wildman–Crippen MR) is 97.2 cm³/mol. The van der Waals surface area contributed by atoms with Crippen LogP contribution in [0.1, 0.15) is 39.5 Å². The lowest BCUT2D eigenvalue weighted by molar-refractivity contribution is -0.171. The molecule has 1 nitrogen and oxygen atoms in total. The van der Waals surface area contributed by atoms with E-state index in [1.165, 1.54) is 24.3 Å². The molecule has 2 rings (SSSR count). The molecule has 0 aromatic rings. The fourth-order valence-corrected chi connectivity index (χ4v) is 7.98. The van der Waals surface area contributed by atoms with Crippen molar-refractivity contribution in [2.45, 2.75) is 54.4 Å². The van der Waals surface area contributed by atoms with E-state index in [1.807, 2.05) is 0 Å². The molecule has 0 unspecified atom stereocenters. The average Bonchev–Trinajstić information content (AvgIpc) is 2.55. The van der Waals surface area contributed by atoms with Gasteiger partial charge in [0, 0.05) is 4.58 Å². The van der Waals surface area contributed by atoms with Crippen molar-refractivity contribution < 1.29 is 18.0 Å². The van der Waals surface area contributed by atoms with Crippen molar-refractivity contribution in [1.29, 1.82) is 0 Å². The second kappa shape index (κ2) is 9.99.